The van der Waals surface area contributed by atoms with E-state index in [1.807, 2.05) is 0 Å². The van der Waals surface area contributed by atoms with Crippen LogP contribution in [0.4, 0.5) is 0 Å². The summed E-state index contributed by atoms with van der Waals surface area (Å²) in [6.07, 6.45) is 3.78. The molecule has 1 aliphatic heterocycles. The molecule has 2 rings (SSSR count). The van der Waals surface area contributed by atoms with Crippen molar-refractivity contribution < 1.29 is 0 Å². The van der Waals surface area contributed by atoms with Gasteiger partial charge in [0, 0.05) is 10.5 Å². The van der Waals surface area contributed by atoms with Gasteiger partial charge in [-0.2, -0.15) is 0 Å². The minimum Gasteiger partial charge on any atom is -0.314 e. The summed E-state index contributed by atoms with van der Waals surface area (Å²) < 4.78 is 1.24. The third-order valence-electron chi connectivity index (χ3n) is 3.18. The zero-order chi connectivity index (χ0) is 10.7. The van der Waals surface area contributed by atoms with E-state index < -0.39 is 0 Å². The highest BCUT2D eigenvalue weighted by atomic mass is 79.9. The standard InChI is InChI=1S/C13H18BrN/c1-10-6-7-15-12(8-10)9-11-4-2-3-5-13(11)14/h2-5,10,12,15H,6-9H2,1H3. The molecule has 1 N–H and O–H groups in total. The molecule has 0 radical (unpaired) electrons. The lowest BCUT2D eigenvalue weighted by Crippen LogP contribution is -2.38. The van der Waals surface area contributed by atoms with Crippen molar-refractivity contribution in [3.63, 3.8) is 0 Å². The van der Waals surface area contributed by atoms with E-state index in [9.17, 15) is 0 Å². The van der Waals surface area contributed by atoms with Crippen LogP contribution in [0.1, 0.15) is 25.3 Å². The van der Waals surface area contributed by atoms with E-state index in [1.54, 1.807) is 0 Å². The van der Waals surface area contributed by atoms with Crippen LogP contribution in [0.2, 0.25) is 0 Å². The Morgan fingerprint density at radius 3 is 2.93 bits per heavy atom. The predicted octanol–water partition coefficient (Wildman–Crippen LogP) is 3.38. The lowest BCUT2D eigenvalue weighted by atomic mass is 9.91. The highest BCUT2D eigenvalue weighted by Crippen LogP contribution is 2.22. The van der Waals surface area contributed by atoms with Gasteiger partial charge in [0.2, 0.25) is 0 Å². The third-order valence-corrected chi connectivity index (χ3v) is 3.95. The van der Waals surface area contributed by atoms with Gasteiger partial charge in [-0.25, -0.2) is 0 Å². The summed E-state index contributed by atoms with van der Waals surface area (Å²) in [4.78, 5) is 0. The maximum absolute atomic E-state index is 3.61. The summed E-state index contributed by atoms with van der Waals surface area (Å²) in [7, 11) is 0. The molecule has 1 nitrogen and oxygen atoms in total. The number of benzene rings is 1. The maximum atomic E-state index is 3.61. The summed E-state index contributed by atoms with van der Waals surface area (Å²) in [5, 5.41) is 3.60. The number of nitrogens with one attached hydrogen (secondary N) is 1. The fraction of sp³-hybridized carbons (Fsp3) is 0.538. The Kier molecular flexibility index (Phi) is 3.81. The van der Waals surface area contributed by atoms with Gasteiger partial charge < -0.3 is 5.32 Å². The minimum atomic E-state index is 0.660. The largest absolute Gasteiger partial charge is 0.314 e. The molecule has 15 heavy (non-hydrogen) atoms. The van der Waals surface area contributed by atoms with Gasteiger partial charge in [0.15, 0.2) is 0 Å². The number of rotatable bonds is 2. The van der Waals surface area contributed by atoms with Gasteiger partial charge in [-0.3, -0.25) is 0 Å². The Bertz CT molecular complexity index is 324. The van der Waals surface area contributed by atoms with Gasteiger partial charge in [0.25, 0.3) is 0 Å². The molecule has 2 heteroatoms. The van der Waals surface area contributed by atoms with Crippen LogP contribution in [0.5, 0.6) is 0 Å². The Morgan fingerprint density at radius 2 is 2.20 bits per heavy atom. The van der Waals surface area contributed by atoms with Crippen LogP contribution in [-0.4, -0.2) is 12.6 Å². The summed E-state index contributed by atoms with van der Waals surface area (Å²) in [6.45, 7) is 3.53. The Morgan fingerprint density at radius 1 is 1.40 bits per heavy atom. The predicted molar refractivity (Wildman–Crippen MR) is 68.0 cm³/mol. The van der Waals surface area contributed by atoms with Gasteiger partial charge >= 0.3 is 0 Å². The minimum absolute atomic E-state index is 0.660. The molecule has 0 bridgehead atoms. The molecular formula is C13H18BrN. The molecule has 0 amide bonds. The summed E-state index contributed by atoms with van der Waals surface area (Å²) >= 11 is 3.61. The van der Waals surface area contributed by atoms with Crippen LogP contribution in [-0.2, 0) is 6.42 Å². The van der Waals surface area contributed by atoms with E-state index in [2.05, 4.69) is 52.4 Å². The molecule has 2 atom stereocenters. The van der Waals surface area contributed by atoms with Crippen LogP contribution < -0.4 is 5.32 Å². The number of hydrogen-bond acceptors (Lipinski definition) is 1. The molecule has 2 unspecified atom stereocenters. The first kappa shape index (κ1) is 11.2. The summed E-state index contributed by atoms with van der Waals surface area (Å²) in [5.41, 5.74) is 1.42. The molecule has 1 aromatic rings. The van der Waals surface area contributed by atoms with Gasteiger partial charge in [-0.1, -0.05) is 41.1 Å². The molecule has 0 spiro atoms. The van der Waals surface area contributed by atoms with Crippen LogP contribution >= 0.6 is 15.9 Å². The molecule has 0 saturated carbocycles. The molecular weight excluding hydrogens is 250 g/mol. The quantitative estimate of drug-likeness (QED) is 0.867. The normalized spacial score (nSPS) is 26.5. The smallest absolute Gasteiger partial charge is 0.0207 e. The van der Waals surface area contributed by atoms with Crippen molar-refractivity contribution in [3.05, 3.63) is 34.3 Å². The van der Waals surface area contributed by atoms with Crippen LogP contribution in [0.3, 0.4) is 0 Å². The van der Waals surface area contributed by atoms with Gasteiger partial charge in [-0.15, -0.1) is 0 Å². The molecule has 0 aliphatic carbocycles. The molecule has 1 aliphatic rings. The van der Waals surface area contributed by atoms with E-state index in [4.69, 9.17) is 0 Å². The van der Waals surface area contributed by atoms with Gasteiger partial charge in [0.1, 0.15) is 0 Å². The van der Waals surface area contributed by atoms with Crippen molar-refractivity contribution in [2.75, 3.05) is 6.54 Å². The highest BCUT2D eigenvalue weighted by Gasteiger charge is 2.18. The topological polar surface area (TPSA) is 12.0 Å². The van der Waals surface area contributed by atoms with Crippen LogP contribution in [0.25, 0.3) is 0 Å². The first-order chi connectivity index (χ1) is 7.25. The summed E-state index contributed by atoms with van der Waals surface area (Å²) in [6, 6.07) is 9.19. The van der Waals surface area contributed by atoms with Crippen molar-refractivity contribution in [1.29, 1.82) is 0 Å². The fourth-order valence-electron chi connectivity index (χ4n) is 2.31. The van der Waals surface area contributed by atoms with E-state index in [0.717, 1.165) is 12.3 Å². The number of hydrogen-bond donors (Lipinski definition) is 1. The van der Waals surface area contributed by atoms with Crippen molar-refractivity contribution in [2.45, 2.75) is 32.2 Å². The Hall–Kier alpha value is -0.340. The van der Waals surface area contributed by atoms with Crippen molar-refractivity contribution in [3.8, 4) is 0 Å². The van der Waals surface area contributed by atoms with Gasteiger partial charge in [-0.05, 0) is 43.4 Å². The first-order valence-electron chi connectivity index (χ1n) is 5.72. The molecule has 1 saturated heterocycles. The maximum Gasteiger partial charge on any atom is 0.0207 e. The molecule has 1 heterocycles. The van der Waals surface area contributed by atoms with E-state index in [-0.39, 0.29) is 0 Å². The first-order valence-corrected chi connectivity index (χ1v) is 6.52. The molecule has 1 aromatic carbocycles. The second-order valence-corrected chi connectivity index (χ2v) is 5.43. The lowest BCUT2D eigenvalue weighted by Gasteiger charge is -2.28. The van der Waals surface area contributed by atoms with E-state index in [0.29, 0.717) is 6.04 Å². The third kappa shape index (κ3) is 3.05. The average Bonchev–Trinajstić information content (AvgIpc) is 2.22. The molecule has 82 valence electrons. The van der Waals surface area contributed by atoms with E-state index in [1.165, 1.54) is 29.4 Å². The molecule has 1 fully saturated rings. The van der Waals surface area contributed by atoms with Crippen molar-refractivity contribution in [2.24, 2.45) is 5.92 Å². The monoisotopic (exact) mass is 267 g/mol. The van der Waals surface area contributed by atoms with Crippen LogP contribution in [0.15, 0.2) is 28.7 Å². The van der Waals surface area contributed by atoms with Crippen molar-refractivity contribution >= 4 is 15.9 Å². The highest BCUT2D eigenvalue weighted by molar-refractivity contribution is 9.10. The van der Waals surface area contributed by atoms with Gasteiger partial charge in [0.05, 0.1) is 0 Å². The van der Waals surface area contributed by atoms with Crippen LogP contribution in [0, 0.1) is 5.92 Å². The SMILES string of the molecule is CC1CCNC(Cc2ccccc2Br)C1. The Balaban J connectivity index is 1.99. The second-order valence-electron chi connectivity index (χ2n) is 4.58. The fourth-order valence-corrected chi connectivity index (χ4v) is 2.75. The Labute approximate surface area is 100 Å². The number of halogens is 1. The number of piperidine rings is 1. The zero-order valence-corrected chi connectivity index (χ0v) is 10.8. The molecule has 0 aromatic heterocycles. The zero-order valence-electron chi connectivity index (χ0n) is 9.17. The second kappa shape index (κ2) is 5.13. The van der Waals surface area contributed by atoms with E-state index >= 15 is 0 Å². The summed E-state index contributed by atoms with van der Waals surface area (Å²) in [5.74, 6) is 0.874. The van der Waals surface area contributed by atoms with Crippen molar-refractivity contribution in [1.82, 2.24) is 5.32 Å². The average molecular weight is 268 g/mol. The lowest BCUT2D eigenvalue weighted by molar-refractivity contribution is 0.318.